The molecule has 0 saturated carbocycles. The summed E-state index contributed by atoms with van der Waals surface area (Å²) in [5.41, 5.74) is 7.37. The van der Waals surface area contributed by atoms with Gasteiger partial charge >= 0.3 is 5.97 Å². The second-order valence-electron chi connectivity index (χ2n) is 6.70. The second kappa shape index (κ2) is 8.71. The first-order valence-corrected chi connectivity index (χ1v) is 9.69. The van der Waals surface area contributed by atoms with Gasteiger partial charge < -0.3 is 24.9 Å². The average Bonchev–Trinajstić information content (AvgIpc) is 2.69. The standard InChI is InChI=1S/C21H23ClN2O5/c1-3-5-14-11-15-17(20(26)24(14)8-9-25)16(12-6-4-7-13(22)10-12)18(19(23)29-15)21(27)28-2/h4,6-7,10-11,16,25H,3,5,8-9,23H2,1-2H3. The van der Waals surface area contributed by atoms with E-state index < -0.39 is 11.9 Å². The Morgan fingerprint density at radius 1 is 1.38 bits per heavy atom. The lowest BCUT2D eigenvalue weighted by Gasteiger charge is -2.29. The molecule has 1 aromatic heterocycles. The van der Waals surface area contributed by atoms with Crippen molar-refractivity contribution in [1.82, 2.24) is 4.57 Å². The van der Waals surface area contributed by atoms with Crippen LogP contribution in [0.2, 0.25) is 5.02 Å². The van der Waals surface area contributed by atoms with Crippen molar-refractivity contribution >= 4 is 17.6 Å². The van der Waals surface area contributed by atoms with Gasteiger partial charge in [0.2, 0.25) is 5.88 Å². The van der Waals surface area contributed by atoms with E-state index in [1.54, 1.807) is 30.3 Å². The molecule has 154 valence electrons. The Morgan fingerprint density at radius 2 is 2.14 bits per heavy atom. The molecule has 1 aromatic carbocycles. The van der Waals surface area contributed by atoms with E-state index in [2.05, 4.69) is 0 Å². The van der Waals surface area contributed by atoms with Crippen LogP contribution in [0.25, 0.3) is 0 Å². The zero-order chi connectivity index (χ0) is 21.1. The van der Waals surface area contributed by atoms with Crippen LogP contribution in [0, 0.1) is 0 Å². The lowest BCUT2D eigenvalue weighted by atomic mass is 9.83. The number of rotatable bonds is 6. The lowest BCUT2D eigenvalue weighted by molar-refractivity contribution is -0.136. The first-order chi connectivity index (χ1) is 13.9. The fourth-order valence-electron chi connectivity index (χ4n) is 3.65. The van der Waals surface area contributed by atoms with Crippen molar-refractivity contribution in [1.29, 1.82) is 0 Å². The van der Waals surface area contributed by atoms with Gasteiger partial charge in [-0.3, -0.25) is 4.79 Å². The number of fused-ring (bicyclic) bond motifs is 1. The maximum atomic E-state index is 13.5. The minimum atomic E-state index is -0.807. The van der Waals surface area contributed by atoms with Crippen LogP contribution in [0.15, 0.2) is 46.6 Å². The number of carbonyl (C=O) groups is 1. The molecule has 29 heavy (non-hydrogen) atoms. The number of nitrogens with zero attached hydrogens (tertiary/aromatic N) is 1. The number of aliphatic hydroxyl groups is 1. The third kappa shape index (κ3) is 3.88. The van der Waals surface area contributed by atoms with E-state index in [1.165, 1.54) is 11.7 Å². The van der Waals surface area contributed by atoms with Gasteiger partial charge in [0.1, 0.15) is 11.3 Å². The van der Waals surface area contributed by atoms with E-state index in [1.807, 2.05) is 6.92 Å². The smallest absolute Gasteiger partial charge is 0.340 e. The maximum absolute atomic E-state index is 13.5. The lowest BCUT2D eigenvalue weighted by Crippen LogP contribution is -2.36. The van der Waals surface area contributed by atoms with Gasteiger partial charge in [-0.15, -0.1) is 0 Å². The number of nitrogens with two attached hydrogens (primary N) is 1. The summed E-state index contributed by atoms with van der Waals surface area (Å²) in [7, 11) is 1.24. The number of aromatic nitrogens is 1. The van der Waals surface area contributed by atoms with Crippen molar-refractivity contribution < 1.29 is 19.4 Å². The van der Waals surface area contributed by atoms with Crippen molar-refractivity contribution in [2.45, 2.75) is 32.2 Å². The molecule has 0 spiro atoms. The van der Waals surface area contributed by atoms with E-state index in [0.717, 1.165) is 12.1 Å². The van der Waals surface area contributed by atoms with Crippen molar-refractivity contribution in [3.05, 3.63) is 74.0 Å². The van der Waals surface area contributed by atoms with E-state index in [0.29, 0.717) is 22.8 Å². The number of carbonyl (C=O) groups excluding carboxylic acids is 1. The fourth-order valence-corrected chi connectivity index (χ4v) is 3.85. The predicted octanol–water partition coefficient (Wildman–Crippen LogP) is 2.31. The molecular weight excluding hydrogens is 396 g/mol. The van der Waals surface area contributed by atoms with Crippen LogP contribution in [0.4, 0.5) is 0 Å². The Kier molecular flexibility index (Phi) is 6.30. The molecule has 0 radical (unpaired) electrons. The zero-order valence-electron chi connectivity index (χ0n) is 16.3. The van der Waals surface area contributed by atoms with Gasteiger partial charge in [-0.25, -0.2) is 4.79 Å². The highest BCUT2D eigenvalue weighted by atomic mass is 35.5. The largest absolute Gasteiger partial charge is 0.465 e. The molecule has 1 atom stereocenters. The Bertz CT molecular complexity index is 1030. The number of esters is 1. The summed E-state index contributed by atoms with van der Waals surface area (Å²) in [6.45, 7) is 1.93. The fraction of sp³-hybridized carbons (Fsp3) is 0.333. The molecule has 8 heteroatoms. The molecule has 1 aliphatic heterocycles. The summed E-state index contributed by atoms with van der Waals surface area (Å²) >= 11 is 6.16. The highest BCUT2D eigenvalue weighted by Gasteiger charge is 2.38. The van der Waals surface area contributed by atoms with Crippen molar-refractivity contribution in [2.24, 2.45) is 5.73 Å². The van der Waals surface area contributed by atoms with Gasteiger partial charge in [-0.1, -0.05) is 37.1 Å². The topological polar surface area (TPSA) is 104 Å². The summed E-state index contributed by atoms with van der Waals surface area (Å²) in [5.74, 6) is -1.32. The molecule has 0 saturated heterocycles. The molecule has 3 N–H and O–H groups in total. The van der Waals surface area contributed by atoms with Crippen molar-refractivity contribution in [3.63, 3.8) is 0 Å². The minimum absolute atomic E-state index is 0.0400. The van der Waals surface area contributed by atoms with Crippen LogP contribution in [0.5, 0.6) is 5.75 Å². The van der Waals surface area contributed by atoms with E-state index in [4.69, 9.17) is 26.8 Å². The monoisotopic (exact) mass is 418 g/mol. The van der Waals surface area contributed by atoms with Gasteiger partial charge in [0.05, 0.1) is 25.2 Å². The van der Waals surface area contributed by atoms with Crippen LogP contribution < -0.4 is 16.0 Å². The van der Waals surface area contributed by atoms with Gasteiger partial charge in [-0.2, -0.15) is 0 Å². The molecular formula is C21H23ClN2O5. The Hall–Kier alpha value is -2.77. The third-order valence-electron chi connectivity index (χ3n) is 4.87. The first kappa shape index (κ1) is 21.0. The summed E-state index contributed by atoms with van der Waals surface area (Å²) in [6.07, 6.45) is 1.43. The van der Waals surface area contributed by atoms with E-state index >= 15 is 0 Å². The van der Waals surface area contributed by atoms with Gasteiger partial charge in [0.25, 0.3) is 5.56 Å². The quantitative estimate of drug-likeness (QED) is 0.698. The molecule has 7 nitrogen and oxygen atoms in total. The minimum Gasteiger partial charge on any atom is -0.465 e. The molecule has 3 rings (SSSR count). The predicted molar refractivity (Wildman–Crippen MR) is 109 cm³/mol. The van der Waals surface area contributed by atoms with Crippen molar-refractivity contribution in [3.8, 4) is 5.75 Å². The van der Waals surface area contributed by atoms with Gasteiger partial charge in [-0.05, 0) is 24.1 Å². The average molecular weight is 419 g/mol. The third-order valence-corrected chi connectivity index (χ3v) is 5.10. The molecule has 0 amide bonds. The Labute approximate surface area is 173 Å². The van der Waals surface area contributed by atoms with Crippen LogP contribution in [0.3, 0.4) is 0 Å². The number of methoxy groups -OCH3 is 1. The molecule has 2 heterocycles. The Balaban J connectivity index is 2.33. The molecule has 0 fully saturated rings. The van der Waals surface area contributed by atoms with Crippen LogP contribution in [-0.4, -0.2) is 29.4 Å². The number of halogens is 1. The van der Waals surface area contributed by atoms with Crippen LogP contribution in [0.1, 0.15) is 36.1 Å². The molecule has 2 aromatic rings. The number of ether oxygens (including phenoxy) is 2. The van der Waals surface area contributed by atoms with Crippen LogP contribution in [-0.2, 0) is 22.5 Å². The highest BCUT2D eigenvalue weighted by Crippen LogP contribution is 2.41. The molecule has 1 unspecified atom stereocenters. The first-order valence-electron chi connectivity index (χ1n) is 9.31. The summed E-state index contributed by atoms with van der Waals surface area (Å²) in [4.78, 5) is 26.0. The number of hydrogen-bond donors (Lipinski definition) is 2. The number of benzene rings is 1. The van der Waals surface area contributed by atoms with Gasteiger partial charge in [0, 0.05) is 23.3 Å². The van der Waals surface area contributed by atoms with E-state index in [9.17, 15) is 14.7 Å². The second-order valence-corrected chi connectivity index (χ2v) is 7.14. The number of aryl methyl sites for hydroxylation is 1. The van der Waals surface area contributed by atoms with Crippen LogP contribution >= 0.6 is 11.6 Å². The number of pyridine rings is 1. The zero-order valence-corrected chi connectivity index (χ0v) is 17.0. The number of aliphatic hydroxyl groups excluding tert-OH is 1. The Morgan fingerprint density at radius 3 is 2.76 bits per heavy atom. The number of hydrogen-bond acceptors (Lipinski definition) is 6. The SMILES string of the molecule is CCCc1cc2c(c(=O)n1CCO)C(c1cccc(Cl)c1)C(C(=O)OC)=C(N)O2. The maximum Gasteiger partial charge on any atom is 0.340 e. The highest BCUT2D eigenvalue weighted by molar-refractivity contribution is 6.30. The normalized spacial score (nSPS) is 15.7. The summed E-state index contributed by atoms with van der Waals surface area (Å²) < 4.78 is 12.1. The summed E-state index contributed by atoms with van der Waals surface area (Å²) in [5, 5.41) is 9.92. The van der Waals surface area contributed by atoms with E-state index in [-0.39, 0.29) is 35.7 Å². The summed E-state index contributed by atoms with van der Waals surface area (Å²) in [6, 6.07) is 8.61. The molecule has 0 bridgehead atoms. The van der Waals surface area contributed by atoms with Gasteiger partial charge in [0.15, 0.2) is 0 Å². The molecule has 1 aliphatic rings. The molecule has 0 aliphatic carbocycles. The van der Waals surface area contributed by atoms with Crippen molar-refractivity contribution in [2.75, 3.05) is 13.7 Å².